The highest BCUT2D eigenvalue weighted by Crippen LogP contribution is 2.21. The first kappa shape index (κ1) is 11.5. The van der Waals surface area contributed by atoms with Gasteiger partial charge in [0.25, 0.3) is 0 Å². The number of nitrogens with two attached hydrogens (primary N) is 1. The number of nitrogens with zero attached hydrogens (tertiary/aromatic N) is 2. The van der Waals surface area contributed by atoms with Crippen LogP contribution < -0.4 is 5.73 Å². The summed E-state index contributed by atoms with van der Waals surface area (Å²) >= 11 is 0. The van der Waals surface area contributed by atoms with Crippen molar-refractivity contribution >= 4 is 0 Å². The van der Waals surface area contributed by atoms with Crippen LogP contribution in [-0.2, 0) is 4.74 Å². The lowest BCUT2D eigenvalue weighted by molar-refractivity contribution is -0.0333. The van der Waals surface area contributed by atoms with Gasteiger partial charge in [-0.15, -0.1) is 0 Å². The van der Waals surface area contributed by atoms with Crippen molar-refractivity contribution in [3.05, 3.63) is 30.1 Å². The molecule has 1 aliphatic heterocycles. The molecule has 0 saturated carbocycles. The van der Waals surface area contributed by atoms with E-state index in [0.29, 0.717) is 12.6 Å². The molecule has 0 aromatic carbocycles. The Labute approximate surface area is 96.4 Å². The zero-order chi connectivity index (χ0) is 11.4. The number of hydrogen-bond donors (Lipinski definition) is 1. The molecule has 88 valence electrons. The van der Waals surface area contributed by atoms with Crippen molar-refractivity contribution in [1.29, 1.82) is 0 Å². The SMILES string of the molecule is CC1CN(C(CN)c2ccncc2)CCO1. The van der Waals surface area contributed by atoms with E-state index in [-0.39, 0.29) is 6.04 Å². The summed E-state index contributed by atoms with van der Waals surface area (Å²) in [6.07, 6.45) is 3.94. The first-order valence-corrected chi connectivity index (χ1v) is 5.77. The van der Waals surface area contributed by atoms with Crippen LogP contribution in [0.2, 0.25) is 0 Å². The maximum absolute atomic E-state index is 5.88. The zero-order valence-corrected chi connectivity index (χ0v) is 9.67. The van der Waals surface area contributed by atoms with E-state index in [1.54, 1.807) is 0 Å². The Balaban J connectivity index is 2.10. The van der Waals surface area contributed by atoms with Gasteiger partial charge in [-0.2, -0.15) is 0 Å². The van der Waals surface area contributed by atoms with Gasteiger partial charge in [-0.1, -0.05) is 0 Å². The van der Waals surface area contributed by atoms with Crippen molar-refractivity contribution in [3.8, 4) is 0 Å². The Bertz CT molecular complexity index is 317. The minimum atomic E-state index is 0.286. The van der Waals surface area contributed by atoms with Crippen molar-refractivity contribution in [2.75, 3.05) is 26.2 Å². The van der Waals surface area contributed by atoms with Gasteiger partial charge >= 0.3 is 0 Å². The number of aromatic nitrogens is 1. The maximum Gasteiger partial charge on any atom is 0.0674 e. The van der Waals surface area contributed by atoms with E-state index in [4.69, 9.17) is 10.5 Å². The molecule has 2 unspecified atom stereocenters. The molecule has 2 heterocycles. The Hall–Kier alpha value is -0.970. The van der Waals surface area contributed by atoms with Crippen LogP contribution in [0.3, 0.4) is 0 Å². The predicted octanol–water partition coefficient (Wildman–Crippen LogP) is 0.802. The van der Waals surface area contributed by atoms with Gasteiger partial charge in [0.05, 0.1) is 12.7 Å². The van der Waals surface area contributed by atoms with Crippen LogP contribution in [0.1, 0.15) is 18.5 Å². The van der Waals surface area contributed by atoms with Crippen LogP contribution in [0.4, 0.5) is 0 Å². The second-order valence-corrected chi connectivity index (χ2v) is 4.21. The molecule has 2 rings (SSSR count). The topological polar surface area (TPSA) is 51.4 Å². The van der Waals surface area contributed by atoms with E-state index in [1.807, 2.05) is 24.5 Å². The third-order valence-electron chi connectivity index (χ3n) is 3.03. The molecule has 0 aliphatic carbocycles. The highest BCUT2D eigenvalue weighted by Gasteiger charge is 2.24. The van der Waals surface area contributed by atoms with Crippen LogP contribution in [0.5, 0.6) is 0 Å². The first-order chi connectivity index (χ1) is 7.81. The number of pyridine rings is 1. The Morgan fingerprint density at radius 1 is 1.56 bits per heavy atom. The van der Waals surface area contributed by atoms with Crippen molar-refractivity contribution in [3.63, 3.8) is 0 Å². The summed E-state index contributed by atoms with van der Waals surface area (Å²) in [6.45, 7) is 5.44. The summed E-state index contributed by atoms with van der Waals surface area (Å²) in [5.41, 5.74) is 7.12. The van der Waals surface area contributed by atoms with Crippen LogP contribution in [0.15, 0.2) is 24.5 Å². The maximum atomic E-state index is 5.88. The molecule has 2 atom stereocenters. The second kappa shape index (κ2) is 5.39. The standard InChI is InChI=1S/C12H19N3O/c1-10-9-15(6-7-16-10)12(8-13)11-2-4-14-5-3-11/h2-5,10,12H,6-9,13H2,1H3. The van der Waals surface area contributed by atoms with Crippen LogP contribution in [0.25, 0.3) is 0 Å². The molecule has 2 N–H and O–H groups in total. The quantitative estimate of drug-likeness (QED) is 0.820. The molecule has 16 heavy (non-hydrogen) atoms. The zero-order valence-electron chi connectivity index (χ0n) is 9.67. The van der Waals surface area contributed by atoms with E-state index in [1.165, 1.54) is 5.56 Å². The monoisotopic (exact) mass is 221 g/mol. The average molecular weight is 221 g/mol. The Kier molecular flexibility index (Phi) is 3.88. The van der Waals surface area contributed by atoms with E-state index in [9.17, 15) is 0 Å². The number of ether oxygens (including phenoxy) is 1. The molecule has 0 amide bonds. The largest absolute Gasteiger partial charge is 0.376 e. The van der Waals surface area contributed by atoms with Gasteiger partial charge in [-0.25, -0.2) is 0 Å². The second-order valence-electron chi connectivity index (χ2n) is 4.21. The van der Waals surface area contributed by atoms with Gasteiger partial charge in [0, 0.05) is 38.1 Å². The van der Waals surface area contributed by atoms with Crippen LogP contribution >= 0.6 is 0 Å². The third-order valence-corrected chi connectivity index (χ3v) is 3.03. The van der Waals surface area contributed by atoms with Gasteiger partial charge in [0.1, 0.15) is 0 Å². The van der Waals surface area contributed by atoms with Crippen LogP contribution in [0, 0.1) is 0 Å². The molecule has 0 bridgehead atoms. The lowest BCUT2D eigenvalue weighted by Crippen LogP contribution is -2.45. The molecule has 1 saturated heterocycles. The normalized spacial score (nSPS) is 24.2. The number of rotatable bonds is 3. The lowest BCUT2D eigenvalue weighted by atomic mass is 10.1. The first-order valence-electron chi connectivity index (χ1n) is 5.77. The lowest BCUT2D eigenvalue weighted by Gasteiger charge is -2.36. The molecule has 0 spiro atoms. The van der Waals surface area contributed by atoms with Crippen molar-refractivity contribution in [2.24, 2.45) is 5.73 Å². The third kappa shape index (κ3) is 2.58. The summed E-state index contributed by atoms with van der Waals surface area (Å²) in [7, 11) is 0. The van der Waals surface area contributed by atoms with E-state index in [0.717, 1.165) is 19.7 Å². The van der Waals surface area contributed by atoms with Gasteiger partial charge in [-0.05, 0) is 24.6 Å². The van der Waals surface area contributed by atoms with E-state index < -0.39 is 0 Å². The summed E-state index contributed by atoms with van der Waals surface area (Å²) in [6, 6.07) is 4.37. The fourth-order valence-electron chi connectivity index (χ4n) is 2.21. The van der Waals surface area contributed by atoms with E-state index >= 15 is 0 Å². The van der Waals surface area contributed by atoms with Crippen molar-refractivity contribution in [1.82, 2.24) is 9.88 Å². The highest BCUT2D eigenvalue weighted by molar-refractivity contribution is 5.15. The molecule has 4 nitrogen and oxygen atoms in total. The van der Waals surface area contributed by atoms with Gasteiger partial charge < -0.3 is 10.5 Å². The molecular formula is C12H19N3O. The van der Waals surface area contributed by atoms with Crippen LogP contribution in [-0.4, -0.2) is 42.2 Å². The molecule has 4 heteroatoms. The fraction of sp³-hybridized carbons (Fsp3) is 0.583. The molecular weight excluding hydrogens is 202 g/mol. The molecule has 1 fully saturated rings. The van der Waals surface area contributed by atoms with E-state index in [2.05, 4.69) is 16.8 Å². The molecule has 1 aliphatic rings. The minimum absolute atomic E-state index is 0.286. The average Bonchev–Trinajstić information content (AvgIpc) is 2.31. The highest BCUT2D eigenvalue weighted by atomic mass is 16.5. The molecule has 1 aromatic rings. The summed E-state index contributed by atoms with van der Waals surface area (Å²) in [5.74, 6) is 0. The Morgan fingerprint density at radius 2 is 2.31 bits per heavy atom. The van der Waals surface area contributed by atoms with Crippen molar-refractivity contribution < 1.29 is 4.74 Å². The van der Waals surface area contributed by atoms with Gasteiger partial charge in [-0.3, -0.25) is 9.88 Å². The summed E-state index contributed by atoms with van der Waals surface area (Å²) in [4.78, 5) is 6.43. The van der Waals surface area contributed by atoms with Gasteiger partial charge in [0.15, 0.2) is 0 Å². The Morgan fingerprint density at radius 3 is 2.94 bits per heavy atom. The molecule has 1 aromatic heterocycles. The van der Waals surface area contributed by atoms with Gasteiger partial charge in [0.2, 0.25) is 0 Å². The molecule has 0 radical (unpaired) electrons. The number of morpholine rings is 1. The predicted molar refractivity (Wildman–Crippen MR) is 63.0 cm³/mol. The minimum Gasteiger partial charge on any atom is -0.376 e. The number of hydrogen-bond acceptors (Lipinski definition) is 4. The smallest absolute Gasteiger partial charge is 0.0674 e. The fourth-order valence-corrected chi connectivity index (χ4v) is 2.21. The van der Waals surface area contributed by atoms with Crippen molar-refractivity contribution in [2.45, 2.75) is 19.1 Å². The summed E-state index contributed by atoms with van der Waals surface area (Å²) in [5, 5.41) is 0. The summed E-state index contributed by atoms with van der Waals surface area (Å²) < 4.78 is 5.54.